The van der Waals surface area contributed by atoms with Crippen molar-refractivity contribution in [2.75, 3.05) is 10.6 Å². The minimum atomic E-state index is -4.38. The monoisotopic (exact) mass is 403 g/mol. The lowest BCUT2D eigenvalue weighted by molar-refractivity contribution is -0.138. The first kappa shape index (κ1) is 19.1. The quantitative estimate of drug-likeness (QED) is 0.572. The SMILES string of the molecule is C[C@H](c1ccccc1)N1Cc2cc3c(N[C@@H](C)C(F)(F)F)n[nH]c3cc2NC1=O. The number of amides is 2. The first-order chi connectivity index (χ1) is 13.7. The lowest BCUT2D eigenvalue weighted by Gasteiger charge is -2.34. The van der Waals surface area contributed by atoms with Gasteiger partial charge in [-0.3, -0.25) is 5.10 Å². The first-order valence-electron chi connectivity index (χ1n) is 9.21. The van der Waals surface area contributed by atoms with E-state index < -0.39 is 12.2 Å². The number of carbonyl (C=O) groups excluding carboxylic acids is 1. The van der Waals surface area contributed by atoms with E-state index in [1.54, 1.807) is 17.0 Å². The summed E-state index contributed by atoms with van der Waals surface area (Å²) in [5.41, 5.74) is 2.98. The molecule has 0 saturated heterocycles. The Morgan fingerprint density at radius 3 is 2.59 bits per heavy atom. The van der Waals surface area contributed by atoms with Gasteiger partial charge >= 0.3 is 12.2 Å². The van der Waals surface area contributed by atoms with Crippen molar-refractivity contribution < 1.29 is 18.0 Å². The number of benzene rings is 2. The molecule has 0 radical (unpaired) electrons. The lowest BCUT2D eigenvalue weighted by Crippen LogP contribution is -2.40. The van der Waals surface area contributed by atoms with E-state index in [1.807, 2.05) is 37.3 Å². The van der Waals surface area contributed by atoms with Gasteiger partial charge in [-0.15, -0.1) is 0 Å². The molecule has 0 spiro atoms. The van der Waals surface area contributed by atoms with Gasteiger partial charge in [-0.25, -0.2) is 4.79 Å². The molecule has 0 aliphatic carbocycles. The molecule has 2 atom stereocenters. The van der Waals surface area contributed by atoms with E-state index in [0.717, 1.165) is 18.1 Å². The van der Waals surface area contributed by atoms with Crippen LogP contribution >= 0.6 is 0 Å². The highest BCUT2D eigenvalue weighted by atomic mass is 19.4. The average Bonchev–Trinajstić information content (AvgIpc) is 3.07. The number of alkyl halides is 3. The van der Waals surface area contributed by atoms with Crippen LogP contribution in [0.15, 0.2) is 42.5 Å². The number of hydrogen-bond donors (Lipinski definition) is 3. The molecule has 152 valence electrons. The molecule has 1 aromatic heterocycles. The van der Waals surface area contributed by atoms with Gasteiger partial charge in [-0.1, -0.05) is 30.3 Å². The molecule has 9 heteroatoms. The van der Waals surface area contributed by atoms with Gasteiger partial charge in [0.25, 0.3) is 0 Å². The Morgan fingerprint density at radius 1 is 1.17 bits per heavy atom. The molecule has 29 heavy (non-hydrogen) atoms. The lowest BCUT2D eigenvalue weighted by atomic mass is 10.0. The number of fused-ring (bicyclic) bond motifs is 2. The molecule has 2 aromatic carbocycles. The number of hydrogen-bond acceptors (Lipinski definition) is 3. The highest BCUT2D eigenvalue weighted by Gasteiger charge is 2.36. The van der Waals surface area contributed by atoms with Crippen LogP contribution in [0.1, 0.15) is 31.0 Å². The van der Waals surface area contributed by atoms with E-state index in [4.69, 9.17) is 0 Å². The number of nitrogens with zero attached hydrogens (tertiary/aromatic N) is 2. The van der Waals surface area contributed by atoms with Gasteiger partial charge in [0.15, 0.2) is 5.82 Å². The van der Waals surface area contributed by atoms with Crippen molar-refractivity contribution in [1.29, 1.82) is 0 Å². The van der Waals surface area contributed by atoms with Gasteiger partial charge in [-0.2, -0.15) is 18.3 Å². The Hall–Kier alpha value is -3.23. The highest BCUT2D eigenvalue weighted by Crippen LogP contribution is 2.35. The molecule has 3 N–H and O–H groups in total. The average molecular weight is 403 g/mol. The predicted octanol–water partition coefficient (Wildman–Crippen LogP) is 5.03. The maximum Gasteiger partial charge on any atom is 0.408 e. The molecule has 0 bridgehead atoms. The predicted molar refractivity (Wildman–Crippen MR) is 105 cm³/mol. The molecule has 1 aliphatic heterocycles. The van der Waals surface area contributed by atoms with Crippen LogP contribution in [0.5, 0.6) is 0 Å². The molecule has 3 aromatic rings. The van der Waals surface area contributed by atoms with Crippen LogP contribution in [-0.2, 0) is 6.54 Å². The minimum Gasteiger partial charge on any atom is -0.357 e. The van der Waals surface area contributed by atoms with Crippen molar-refractivity contribution in [3.8, 4) is 0 Å². The number of carbonyl (C=O) groups is 1. The Bertz CT molecular complexity index is 1050. The van der Waals surface area contributed by atoms with Crippen LogP contribution in [0.25, 0.3) is 10.9 Å². The van der Waals surface area contributed by atoms with Crippen molar-refractivity contribution in [2.24, 2.45) is 0 Å². The standard InChI is InChI=1S/C20H20F3N5O/c1-11(13-6-4-3-5-7-13)28-10-14-8-15-17(9-16(14)25-19(28)29)26-27-18(15)24-12(2)20(21,22)23/h3-9,11-12H,10H2,1-2H3,(H,25,29)(H2,24,26,27)/t11-,12+/m1/s1. The zero-order valence-electron chi connectivity index (χ0n) is 15.8. The minimum absolute atomic E-state index is 0.132. The van der Waals surface area contributed by atoms with Crippen LogP contribution in [0.4, 0.5) is 29.5 Å². The van der Waals surface area contributed by atoms with Crippen molar-refractivity contribution in [3.05, 3.63) is 53.6 Å². The zero-order chi connectivity index (χ0) is 20.8. The van der Waals surface area contributed by atoms with E-state index in [0.29, 0.717) is 23.1 Å². The number of nitrogens with one attached hydrogen (secondary N) is 3. The Balaban J connectivity index is 1.65. The summed E-state index contributed by atoms with van der Waals surface area (Å²) in [6.45, 7) is 3.32. The fourth-order valence-corrected chi connectivity index (χ4v) is 3.42. The van der Waals surface area contributed by atoms with E-state index in [1.165, 1.54) is 0 Å². The molecular formula is C20H20F3N5O. The van der Waals surface area contributed by atoms with E-state index in [-0.39, 0.29) is 17.9 Å². The summed E-state index contributed by atoms with van der Waals surface area (Å²) >= 11 is 0. The largest absolute Gasteiger partial charge is 0.408 e. The summed E-state index contributed by atoms with van der Waals surface area (Å²) in [6.07, 6.45) is -4.38. The normalized spacial score (nSPS) is 16.3. The summed E-state index contributed by atoms with van der Waals surface area (Å²) in [7, 11) is 0. The van der Waals surface area contributed by atoms with Gasteiger partial charge in [-0.05, 0) is 37.1 Å². The molecule has 1 aliphatic rings. The number of anilines is 2. The molecule has 2 heterocycles. The second-order valence-corrected chi connectivity index (χ2v) is 7.18. The Labute approximate surface area is 165 Å². The summed E-state index contributed by atoms with van der Waals surface area (Å²) in [5.74, 6) is 0.132. The Morgan fingerprint density at radius 2 is 1.90 bits per heavy atom. The van der Waals surface area contributed by atoms with Crippen molar-refractivity contribution in [2.45, 2.75) is 38.7 Å². The zero-order valence-corrected chi connectivity index (χ0v) is 15.8. The van der Waals surface area contributed by atoms with Crippen molar-refractivity contribution >= 4 is 28.4 Å². The van der Waals surface area contributed by atoms with Gasteiger partial charge < -0.3 is 15.5 Å². The molecule has 6 nitrogen and oxygen atoms in total. The molecule has 0 saturated carbocycles. The number of rotatable bonds is 4. The number of urea groups is 1. The maximum atomic E-state index is 12.9. The van der Waals surface area contributed by atoms with Crippen molar-refractivity contribution in [1.82, 2.24) is 15.1 Å². The van der Waals surface area contributed by atoms with E-state index in [9.17, 15) is 18.0 Å². The molecule has 0 unspecified atom stereocenters. The summed E-state index contributed by atoms with van der Waals surface area (Å²) in [5, 5.41) is 12.5. The number of aromatic amines is 1. The highest BCUT2D eigenvalue weighted by molar-refractivity contribution is 5.99. The first-order valence-corrected chi connectivity index (χ1v) is 9.21. The van der Waals surface area contributed by atoms with Gasteiger partial charge in [0.1, 0.15) is 6.04 Å². The summed E-state index contributed by atoms with van der Waals surface area (Å²) < 4.78 is 38.7. The van der Waals surface area contributed by atoms with Crippen LogP contribution in [0.2, 0.25) is 0 Å². The maximum absolute atomic E-state index is 12.9. The fraction of sp³-hybridized carbons (Fsp3) is 0.300. The fourth-order valence-electron chi connectivity index (χ4n) is 3.42. The van der Waals surface area contributed by atoms with E-state index in [2.05, 4.69) is 20.8 Å². The molecule has 4 rings (SSSR count). The van der Waals surface area contributed by atoms with Crippen LogP contribution in [0.3, 0.4) is 0 Å². The van der Waals surface area contributed by atoms with E-state index >= 15 is 0 Å². The second-order valence-electron chi connectivity index (χ2n) is 7.18. The number of aromatic nitrogens is 2. The number of halogens is 3. The van der Waals surface area contributed by atoms with Gasteiger partial charge in [0.05, 0.1) is 18.1 Å². The molecule has 2 amide bonds. The molecular weight excluding hydrogens is 383 g/mol. The summed E-state index contributed by atoms with van der Waals surface area (Å²) in [6, 6.07) is 11.0. The third kappa shape index (κ3) is 3.59. The third-order valence-electron chi connectivity index (χ3n) is 5.22. The van der Waals surface area contributed by atoms with Gasteiger partial charge in [0, 0.05) is 11.1 Å². The smallest absolute Gasteiger partial charge is 0.357 e. The Kier molecular flexibility index (Phi) is 4.60. The van der Waals surface area contributed by atoms with Gasteiger partial charge in [0.2, 0.25) is 0 Å². The molecule has 0 fully saturated rings. The third-order valence-corrected chi connectivity index (χ3v) is 5.22. The van der Waals surface area contributed by atoms with Crippen molar-refractivity contribution in [3.63, 3.8) is 0 Å². The topological polar surface area (TPSA) is 73.1 Å². The van der Waals surface area contributed by atoms with Crippen LogP contribution < -0.4 is 10.6 Å². The number of H-pyrrole nitrogens is 1. The van der Waals surface area contributed by atoms with Crippen LogP contribution in [0, 0.1) is 0 Å². The van der Waals surface area contributed by atoms with Crippen LogP contribution in [-0.4, -0.2) is 33.3 Å². The second kappa shape index (κ2) is 6.98. The summed E-state index contributed by atoms with van der Waals surface area (Å²) in [4.78, 5) is 14.3.